The van der Waals surface area contributed by atoms with Crippen LogP contribution in [0.5, 0.6) is 0 Å². The standard InChI is InChI=1S/C29H34O3Si/c1-21(2)27-22(3)28(26(29(30)31-4)20-23-14-8-5-9-15-23)33(32-27,24-16-10-6-11-17-24)25-18-12-7-13-19-25/h5-19,21-22,26-28H,20H2,1-4H3/t22-,26-,27-,28-/m0/s1. The van der Waals surface area contributed by atoms with Crippen molar-refractivity contribution in [1.29, 1.82) is 0 Å². The third kappa shape index (κ3) is 4.42. The Bertz CT molecular complexity index is 997. The number of carbonyl (C=O) groups is 1. The average molecular weight is 459 g/mol. The Balaban J connectivity index is 1.94. The zero-order valence-corrected chi connectivity index (χ0v) is 21.0. The van der Waals surface area contributed by atoms with Crippen molar-refractivity contribution in [2.75, 3.05) is 7.11 Å². The van der Waals surface area contributed by atoms with Crippen LogP contribution in [-0.4, -0.2) is 27.5 Å². The number of benzene rings is 3. The molecule has 3 aromatic rings. The zero-order valence-electron chi connectivity index (χ0n) is 20.0. The molecule has 0 aliphatic carbocycles. The minimum Gasteiger partial charge on any atom is -0.469 e. The van der Waals surface area contributed by atoms with Gasteiger partial charge in [-0.2, -0.15) is 0 Å². The van der Waals surface area contributed by atoms with E-state index >= 15 is 0 Å². The Kier molecular flexibility index (Phi) is 7.16. The van der Waals surface area contributed by atoms with E-state index in [1.807, 2.05) is 30.3 Å². The molecule has 0 aromatic heterocycles. The molecule has 0 radical (unpaired) electrons. The van der Waals surface area contributed by atoms with Crippen LogP contribution in [0.4, 0.5) is 0 Å². The fraction of sp³-hybridized carbons (Fsp3) is 0.345. The number of methoxy groups -OCH3 is 1. The second-order valence-electron chi connectivity index (χ2n) is 9.50. The second kappa shape index (κ2) is 10.1. The van der Waals surface area contributed by atoms with E-state index in [9.17, 15) is 4.79 Å². The maximum Gasteiger partial charge on any atom is 0.309 e. The number of ether oxygens (including phenoxy) is 1. The number of hydrogen-bond donors (Lipinski definition) is 0. The summed E-state index contributed by atoms with van der Waals surface area (Å²) in [5.41, 5.74) is 1.19. The van der Waals surface area contributed by atoms with Gasteiger partial charge in [0.2, 0.25) is 0 Å². The minimum atomic E-state index is -2.80. The zero-order chi connectivity index (χ0) is 23.4. The average Bonchev–Trinajstić information content (AvgIpc) is 3.18. The quantitative estimate of drug-likeness (QED) is 0.375. The highest BCUT2D eigenvalue weighted by Crippen LogP contribution is 2.49. The van der Waals surface area contributed by atoms with E-state index in [-0.39, 0.29) is 29.5 Å². The lowest BCUT2D eigenvalue weighted by molar-refractivity contribution is -0.146. The highest BCUT2D eigenvalue weighted by Gasteiger charge is 2.61. The topological polar surface area (TPSA) is 35.5 Å². The summed E-state index contributed by atoms with van der Waals surface area (Å²) in [6.45, 7) is 6.73. The van der Waals surface area contributed by atoms with E-state index in [1.54, 1.807) is 0 Å². The number of carbonyl (C=O) groups excluding carboxylic acids is 1. The van der Waals surface area contributed by atoms with Crippen LogP contribution in [0.2, 0.25) is 5.54 Å². The van der Waals surface area contributed by atoms with Gasteiger partial charge < -0.3 is 9.16 Å². The highest BCUT2D eigenvalue weighted by molar-refractivity contribution is 6.99. The van der Waals surface area contributed by atoms with Crippen molar-refractivity contribution in [2.24, 2.45) is 17.8 Å². The Morgan fingerprint density at radius 1 is 0.879 bits per heavy atom. The van der Waals surface area contributed by atoms with Gasteiger partial charge in [0.25, 0.3) is 8.32 Å². The van der Waals surface area contributed by atoms with Gasteiger partial charge in [0.05, 0.1) is 19.1 Å². The van der Waals surface area contributed by atoms with Gasteiger partial charge in [-0.1, -0.05) is 112 Å². The molecular weight excluding hydrogens is 424 g/mol. The number of hydrogen-bond acceptors (Lipinski definition) is 3. The molecule has 3 aromatic carbocycles. The van der Waals surface area contributed by atoms with Gasteiger partial charge in [-0.25, -0.2) is 0 Å². The maximum atomic E-state index is 13.4. The van der Waals surface area contributed by atoms with Crippen molar-refractivity contribution in [3.63, 3.8) is 0 Å². The maximum absolute atomic E-state index is 13.4. The van der Waals surface area contributed by atoms with E-state index < -0.39 is 8.32 Å². The van der Waals surface area contributed by atoms with Gasteiger partial charge >= 0.3 is 5.97 Å². The molecule has 0 saturated carbocycles. The summed E-state index contributed by atoms with van der Waals surface area (Å²) >= 11 is 0. The highest BCUT2D eigenvalue weighted by atomic mass is 28.4. The molecule has 0 spiro atoms. The molecule has 3 nitrogen and oxygen atoms in total. The summed E-state index contributed by atoms with van der Waals surface area (Å²) in [6, 6.07) is 31.5. The Morgan fingerprint density at radius 2 is 1.36 bits per heavy atom. The second-order valence-corrected chi connectivity index (χ2v) is 13.0. The largest absolute Gasteiger partial charge is 0.469 e. The first-order valence-corrected chi connectivity index (χ1v) is 13.9. The van der Waals surface area contributed by atoms with E-state index in [4.69, 9.17) is 9.16 Å². The first-order valence-electron chi connectivity index (χ1n) is 11.9. The molecule has 4 rings (SSSR count). The van der Waals surface area contributed by atoms with Crippen LogP contribution in [0.3, 0.4) is 0 Å². The normalized spacial score (nSPS) is 22.8. The van der Waals surface area contributed by atoms with E-state index in [1.165, 1.54) is 17.5 Å². The van der Waals surface area contributed by atoms with Crippen LogP contribution in [-0.2, 0) is 20.4 Å². The van der Waals surface area contributed by atoms with Crippen molar-refractivity contribution in [2.45, 2.75) is 38.8 Å². The summed E-state index contributed by atoms with van der Waals surface area (Å²) < 4.78 is 12.7. The predicted molar refractivity (Wildman–Crippen MR) is 136 cm³/mol. The molecule has 1 aliphatic heterocycles. The first-order chi connectivity index (χ1) is 16.0. The summed E-state index contributed by atoms with van der Waals surface area (Å²) in [4.78, 5) is 13.4. The lowest BCUT2D eigenvalue weighted by Gasteiger charge is -2.37. The number of rotatable bonds is 7. The molecule has 1 saturated heterocycles. The fourth-order valence-corrected chi connectivity index (χ4v) is 11.4. The van der Waals surface area contributed by atoms with E-state index in [0.29, 0.717) is 12.3 Å². The molecule has 1 aliphatic rings. The van der Waals surface area contributed by atoms with Gasteiger partial charge in [-0.3, -0.25) is 4.79 Å². The van der Waals surface area contributed by atoms with Crippen LogP contribution >= 0.6 is 0 Å². The molecule has 4 atom stereocenters. The molecule has 1 heterocycles. The van der Waals surface area contributed by atoms with E-state index in [2.05, 4.69) is 81.4 Å². The van der Waals surface area contributed by atoms with Crippen LogP contribution in [0, 0.1) is 17.8 Å². The monoisotopic (exact) mass is 458 g/mol. The summed E-state index contributed by atoms with van der Waals surface area (Å²) in [7, 11) is -1.29. The van der Waals surface area contributed by atoms with Crippen molar-refractivity contribution in [3.8, 4) is 0 Å². The molecule has 33 heavy (non-hydrogen) atoms. The van der Waals surface area contributed by atoms with Crippen LogP contribution in [0.1, 0.15) is 26.3 Å². The minimum absolute atomic E-state index is 0.0438. The lowest BCUT2D eigenvalue weighted by Crippen LogP contribution is -2.63. The summed E-state index contributed by atoms with van der Waals surface area (Å²) in [5.74, 6) is 0.125. The Hall–Kier alpha value is -2.69. The molecule has 172 valence electrons. The molecule has 0 unspecified atom stereocenters. The van der Waals surface area contributed by atoms with Gasteiger partial charge in [0.1, 0.15) is 0 Å². The molecule has 1 fully saturated rings. The van der Waals surface area contributed by atoms with Crippen LogP contribution in [0.25, 0.3) is 0 Å². The van der Waals surface area contributed by atoms with Crippen molar-refractivity contribution in [3.05, 3.63) is 96.6 Å². The van der Waals surface area contributed by atoms with Crippen LogP contribution < -0.4 is 10.4 Å². The Morgan fingerprint density at radius 3 is 1.82 bits per heavy atom. The Labute approximate surface area is 198 Å². The first kappa shape index (κ1) is 23.5. The predicted octanol–water partition coefficient (Wildman–Crippen LogP) is 4.84. The molecule has 4 heteroatoms. The third-order valence-electron chi connectivity index (χ3n) is 7.17. The molecule has 0 amide bonds. The van der Waals surface area contributed by atoms with E-state index in [0.717, 1.165) is 5.56 Å². The van der Waals surface area contributed by atoms with Gasteiger partial charge in [0, 0.05) is 5.54 Å². The van der Waals surface area contributed by atoms with Crippen molar-refractivity contribution >= 4 is 24.7 Å². The molecule has 0 N–H and O–H groups in total. The molecular formula is C29H34O3Si. The lowest BCUT2D eigenvalue weighted by atomic mass is 9.83. The smallest absolute Gasteiger partial charge is 0.309 e. The van der Waals surface area contributed by atoms with Crippen molar-refractivity contribution in [1.82, 2.24) is 0 Å². The van der Waals surface area contributed by atoms with Gasteiger partial charge in [-0.05, 0) is 34.2 Å². The summed E-state index contributed by atoms with van der Waals surface area (Å²) in [6.07, 6.45) is 0.718. The van der Waals surface area contributed by atoms with Crippen LogP contribution in [0.15, 0.2) is 91.0 Å². The molecule has 0 bridgehead atoms. The van der Waals surface area contributed by atoms with Gasteiger partial charge in [0.15, 0.2) is 0 Å². The van der Waals surface area contributed by atoms with Gasteiger partial charge in [-0.15, -0.1) is 0 Å². The SMILES string of the molecule is COC(=O)[C@@H](Cc1ccccc1)[C@@H]1[C@@H](C)[C@H](C(C)C)O[Si]1(c1ccccc1)c1ccccc1. The summed E-state index contributed by atoms with van der Waals surface area (Å²) in [5, 5.41) is 2.44. The van der Waals surface area contributed by atoms with Crippen molar-refractivity contribution < 1.29 is 14.0 Å². The fourth-order valence-electron chi connectivity index (χ4n) is 5.80. The third-order valence-corrected chi connectivity index (χ3v) is 12.1. The number of esters is 1.